The molecule has 0 aliphatic carbocycles. The summed E-state index contributed by atoms with van der Waals surface area (Å²) < 4.78 is 26.7. The number of carbonyl (C=O) groups is 2. The third-order valence-corrected chi connectivity index (χ3v) is 5.92. The number of imide groups is 1. The fraction of sp³-hybridized carbons (Fsp3) is 0.421. The van der Waals surface area contributed by atoms with Crippen LogP contribution in [0.15, 0.2) is 30.5 Å². The Hall–Kier alpha value is -3.12. The number of piperidine rings is 1. The Balaban J connectivity index is 1.39. The zero-order chi connectivity index (χ0) is 22.3. The van der Waals surface area contributed by atoms with E-state index < -0.39 is 10.0 Å². The summed E-state index contributed by atoms with van der Waals surface area (Å²) in [6, 6.07) is 7.23. The van der Waals surface area contributed by atoms with Crippen LogP contribution < -0.4 is 15.4 Å². The number of amides is 2. The molecule has 1 aliphatic heterocycles. The van der Waals surface area contributed by atoms with Gasteiger partial charge in [0.2, 0.25) is 21.8 Å². The molecule has 12 heteroatoms. The average Bonchev–Trinajstić information content (AvgIpc) is 2.72. The number of nitrogens with zero attached hydrogens (tertiary/aromatic N) is 4. The first-order valence-electron chi connectivity index (χ1n) is 9.90. The van der Waals surface area contributed by atoms with Crippen molar-refractivity contribution in [1.82, 2.24) is 24.8 Å². The molecule has 0 saturated carbocycles. The fourth-order valence-electron chi connectivity index (χ4n) is 2.96. The highest BCUT2D eigenvalue weighted by atomic mass is 32.2. The second kappa shape index (κ2) is 10.3. The molecule has 1 aliphatic rings. The number of aromatic nitrogens is 3. The zero-order valence-electron chi connectivity index (χ0n) is 17.2. The first-order chi connectivity index (χ1) is 14.8. The minimum atomic E-state index is -3.62. The van der Waals surface area contributed by atoms with Gasteiger partial charge in [0.15, 0.2) is 5.82 Å². The summed E-state index contributed by atoms with van der Waals surface area (Å²) in [5.41, 5.74) is 1.07. The maximum atomic E-state index is 12.1. The van der Waals surface area contributed by atoms with Gasteiger partial charge in [0.05, 0.1) is 5.75 Å². The van der Waals surface area contributed by atoms with Gasteiger partial charge in [-0.1, -0.05) is 0 Å². The molecule has 0 bridgehead atoms. The first kappa shape index (κ1) is 22.6. The van der Waals surface area contributed by atoms with Gasteiger partial charge >= 0.3 is 0 Å². The fourth-order valence-corrected chi connectivity index (χ4v) is 3.94. The molecule has 31 heavy (non-hydrogen) atoms. The lowest BCUT2D eigenvalue weighted by atomic mass is 10.1. The SMILES string of the molecule is Cc1ccnc(Nc2ccc(NCCNS(=O)(=O)CCN3C(=O)CCCC3=O)nn2)c1. The van der Waals surface area contributed by atoms with Crippen LogP contribution in [0.5, 0.6) is 0 Å². The van der Waals surface area contributed by atoms with Gasteiger partial charge in [0, 0.05) is 38.7 Å². The number of likely N-dealkylation sites (tertiary alicyclic amines) is 1. The minimum Gasteiger partial charge on any atom is -0.367 e. The van der Waals surface area contributed by atoms with Crippen molar-refractivity contribution < 1.29 is 18.0 Å². The van der Waals surface area contributed by atoms with E-state index in [0.29, 0.717) is 30.4 Å². The Morgan fingerprint density at radius 3 is 2.39 bits per heavy atom. The molecular weight excluding hydrogens is 422 g/mol. The summed E-state index contributed by atoms with van der Waals surface area (Å²) in [4.78, 5) is 28.7. The summed E-state index contributed by atoms with van der Waals surface area (Å²) in [7, 11) is -3.62. The van der Waals surface area contributed by atoms with Crippen LogP contribution in [0.4, 0.5) is 17.5 Å². The largest absolute Gasteiger partial charge is 0.367 e. The molecule has 0 spiro atoms. The maximum absolute atomic E-state index is 12.1. The monoisotopic (exact) mass is 447 g/mol. The quantitative estimate of drug-likeness (QED) is 0.355. The van der Waals surface area contributed by atoms with Crippen molar-refractivity contribution >= 4 is 39.3 Å². The van der Waals surface area contributed by atoms with E-state index in [9.17, 15) is 18.0 Å². The predicted octanol–water partition coefficient (Wildman–Crippen LogP) is 0.794. The van der Waals surface area contributed by atoms with E-state index in [0.717, 1.165) is 10.5 Å². The van der Waals surface area contributed by atoms with Crippen molar-refractivity contribution in [1.29, 1.82) is 0 Å². The normalized spacial score (nSPS) is 14.5. The third kappa shape index (κ3) is 6.96. The molecule has 11 nitrogen and oxygen atoms in total. The number of hydrogen-bond donors (Lipinski definition) is 3. The van der Waals surface area contributed by atoms with Crippen molar-refractivity contribution in [2.45, 2.75) is 26.2 Å². The molecule has 2 aromatic rings. The molecule has 1 saturated heterocycles. The smallest absolute Gasteiger partial charge is 0.229 e. The number of sulfonamides is 1. The molecule has 1 fully saturated rings. The zero-order valence-corrected chi connectivity index (χ0v) is 18.0. The molecule has 0 unspecified atom stereocenters. The molecule has 166 valence electrons. The number of anilines is 3. The van der Waals surface area contributed by atoms with E-state index >= 15 is 0 Å². The van der Waals surface area contributed by atoms with Gasteiger partial charge in [-0.05, 0) is 43.2 Å². The van der Waals surface area contributed by atoms with E-state index in [2.05, 4.69) is 30.5 Å². The van der Waals surface area contributed by atoms with Crippen LogP contribution in [-0.2, 0) is 19.6 Å². The van der Waals surface area contributed by atoms with Crippen molar-refractivity contribution in [3.05, 3.63) is 36.0 Å². The number of pyridine rings is 1. The van der Waals surface area contributed by atoms with Gasteiger partial charge in [-0.25, -0.2) is 18.1 Å². The minimum absolute atomic E-state index is 0.124. The summed E-state index contributed by atoms with van der Waals surface area (Å²) in [6.45, 7) is 2.25. The lowest BCUT2D eigenvalue weighted by Gasteiger charge is -2.24. The number of nitrogens with one attached hydrogen (secondary N) is 3. The highest BCUT2D eigenvalue weighted by molar-refractivity contribution is 7.89. The molecule has 0 aromatic carbocycles. The van der Waals surface area contributed by atoms with Crippen LogP contribution in [0.1, 0.15) is 24.8 Å². The Bertz CT molecular complexity index is 1010. The summed E-state index contributed by atoms with van der Waals surface area (Å²) in [6.07, 6.45) is 2.78. The van der Waals surface area contributed by atoms with Gasteiger partial charge in [0.25, 0.3) is 0 Å². The van der Waals surface area contributed by atoms with E-state index in [-0.39, 0.29) is 43.5 Å². The van der Waals surface area contributed by atoms with Gasteiger partial charge in [0.1, 0.15) is 11.6 Å². The van der Waals surface area contributed by atoms with E-state index in [4.69, 9.17) is 0 Å². The van der Waals surface area contributed by atoms with E-state index in [1.54, 1.807) is 18.3 Å². The average molecular weight is 448 g/mol. The van der Waals surface area contributed by atoms with Gasteiger partial charge in [-0.2, -0.15) is 0 Å². The topological polar surface area (TPSA) is 146 Å². The Morgan fingerprint density at radius 2 is 1.71 bits per heavy atom. The molecule has 2 amide bonds. The molecule has 3 heterocycles. The van der Waals surface area contributed by atoms with Crippen LogP contribution in [0.3, 0.4) is 0 Å². The van der Waals surface area contributed by atoms with E-state index in [1.807, 2.05) is 19.1 Å². The highest BCUT2D eigenvalue weighted by Crippen LogP contribution is 2.14. The Kier molecular flexibility index (Phi) is 7.47. The van der Waals surface area contributed by atoms with E-state index in [1.165, 1.54) is 0 Å². The van der Waals surface area contributed by atoms with Crippen molar-refractivity contribution in [2.75, 3.05) is 36.0 Å². The standard InChI is InChI=1S/C19H25N7O4S/c1-14-7-8-20-17(13-14)23-16-6-5-15(24-25-16)21-9-10-22-31(29,30)12-11-26-18(27)3-2-4-19(26)28/h5-8,13,22H,2-4,9-12H2,1H3,(H,21,24)(H,20,23,25). The third-order valence-electron chi connectivity index (χ3n) is 4.56. The van der Waals surface area contributed by atoms with Crippen LogP contribution in [0.2, 0.25) is 0 Å². The van der Waals surface area contributed by atoms with Crippen LogP contribution in [0.25, 0.3) is 0 Å². The second-order valence-corrected chi connectivity index (χ2v) is 9.01. The number of aryl methyl sites for hydroxylation is 1. The van der Waals surface area contributed by atoms with Crippen LogP contribution in [-0.4, -0.2) is 65.7 Å². The van der Waals surface area contributed by atoms with Gasteiger partial charge in [-0.15, -0.1) is 10.2 Å². The molecule has 3 rings (SSSR count). The van der Waals surface area contributed by atoms with Crippen molar-refractivity contribution in [3.63, 3.8) is 0 Å². The summed E-state index contributed by atoms with van der Waals surface area (Å²) in [5.74, 6) is 0.734. The predicted molar refractivity (Wildman–Crippen MR) is 115 cm³/mol. The number of hydrogen-bond acceptors (Lipinski definition) is 9. The molecule has 0 atom stereocenters. The summed E-state index contributed by atoms with van der Waals surface area (Å²) in [5, 5.41) is 14.1. The Morgan fingerprint density at radius 1 is 1.00 bits per heavy atom. The first-order valence-corrected chi connectivity index (χ1v) is 11.6. The van der Waals surface area contributed by atoms with Crippen molar-refractivity contribution in [3.8, 4) is 0 Å². The van der Waals surface area contributed by atoms with Gasteiger partial charge < -0.3 is 10.6 Å². The molecule has 0 radical (unpaired) electrons. The van der Waals surface area contributed by atoms with Crippen molar-refractivity contribution in [2.24, 2.45) is 0 Å². The number of carbonyl (C=O) groups excluding carboxylic acids is 2. The lowest BCUT2D eigenvalue weighted by molar-refractivity contribution is -0.147. The second-order valence-electron chi connectivity index (χ2n) is 7.08. The summed E-state index contributed by atoms with van der Waals surface area (Å²) >= 11 is 0. The van der Waals surface area contributed by atoms with Gasteiger partial charge in [-0.3, -0.25) is 14.5 Å². The highest BCUT2D eigenvalue weighted by Gasteiger charge is 2.27. The lowest BCUT2D eigenvalue weighted by Crippen LogP contribution is -2.44. The molecular formula is C19H25N7O4S. The number of rotatable bonds is 10. The van der Waals surface area contributed by atoms with Crippen LogP contribution >= 0.6 is 0 Å². The van der Waals surface area contributed by atoms with Crippen LogP contribution in [0, 0.1) is 6.92 Å². The molecule has 3 N–H and O–H groups in total. The molecule has 2 aromatic heterocycles. The maximum Gasteiger partial charge on any atom is 0.229 e. The Labute approximate surface area is 180 Å².